The zero-order valence-electron chi connectivity index (χ0n) is 13.2. The number of unbranched alkanes of at least 4 members (excludes halogenated alkanes) is 1. The molecule has 0 heterocycles. The molecule has 3 rings (SSSR count). The third kappa shape index (κ3) is 1.77. The van der Waals surface area contributed by atoms with Gasteiger partial charge in [-0.25, -0.2) is 0 Å². The highest BCUT2D eigenvalue weighted by molar-refractivity contribution is 6.00. The van der Waals surface area contributed by atoms with E-state index in [-0.39, 0.29) is 11.3 Å². The number of ketones is 1. The molecule has 20 heavy (non-hydrogen) atoms. The second kappa shape index (κ2) is 4.30. The Morgan fingerprint density at radius 3 is 2.70 bits per heavy atom. The summed E-state index contributed by atoms with van der Waals surface area (Å²) in [4.78, 5) is 12.0. The van der Waals surface area contributed by atoms with Crippen molar-refractivity contribution in [1.82, 2.24) is 0 Å². The van der Waals surface area contributed by atoms with Gasteiger partial charge in [-0.1, -0.05) is 32.8 Å². The first-order valence-corrected chi connectivity index (χ1v) is 8.01. The maximum Gasteiger partial charge on any atom is 0.159 e. The topological polar surface area (TPSA) is 37.3 Å². The van der Waals surface area contributed by atoms with E-state index in [2.05, 4.69) is 20.8 Å². The average Bonchev–Trinajstić information content (AvgIpc) is 2.80. The number of aliphatic hydroxyl groups is 1. The maximum absolute atomic E-state index is 12.0. The van der Waals surface area contributed by atoms with Gasteiger partial charge in [0, 0.05) is 6.42 Å². The molecule has 0 aromatic heterocycles. The van der Waals surface area contributed by atoms with Crippen LogP contribution in [0.3, 0.4) is 0 Å². The van der Waals surface area contributed by atoms with Crippen molar-refractivity contribution < 1.29 is 9.90 Å². The molecular formula is C18H26O2. The van der Waals surface area contributed by atoms with Gasteiger partial charge in [0.15, 0.2) is 5.78 Å². The van der Waals surface area contributed by atoms with Crippen LogP contribution in [-0.4, -0.2) is 16.5 Å². The van der Waals surface area contributed by atoms with Crippen LogP contribution in [0.15, 0.2) is 22.3 Å². The van der Waals surface area contributed by atoms with Crippen molar-refractivity contribution in [3.05, 3.63) is 22.3 Å². The lowest BCUT2D eigenvalue weighted by Gasteiger charge is -2.27. The molecule has 0 aromatic rings. The highest BCUT2D eigenvalue weighted by atomic mass is 16.3. The molecule has 1 saturated carbocycles. The van der Waals surface area contributed by atoms with E-state index in [1.54, 1.807) is 0 Å². The minimum Gasteiger partial charge on any atom is -0.385 e. The van der Waals surface area contributed by atoms with Gasteiger partial charge in [-0.3, -0.25) is 4.79 Å². The molecule has 2 atom stereocenters. The lowest BCUT2D eigenvalue weighted by Crippen LogP contribution is -2.27. The Kier molecular flexibility index (Phi) is 3.02. The van der Waals surface area contributed by atoms with E-state index < -0.39 is 5.60 Å². The molecule has 0 aromatic carbocycles. The third-order valence-corrected chi connectivity index (χ3v) is 5.61. The SMILES string of the molecule is CCCCC1=C2C3=C(C)C(=O)C[C@@H]3C[C@@]2(O)CC1(C)C. The number of allylic oxidation sites excluding steroid dienone is 2. The van der Waals surface area contributed by atoms with Gasteiger partial charge in [-0.2, -0.15) is 0 Å². The summed E-state index contributed by atoms with van der Waals surface area (Å²) in [6, 6.07) is 0. The highest BCUT2D eigenvalue weighted by Crippen LogP contribution is 2.62. The van der Waals surface area contributed by atoms with E-state index in [1.165, 1.54) is 29.6 Å². The van der Waals surface area contributed by atoms with Crippen molar-refractivity contribution in [3.63, 3.8) is 0 Å². The summed E-state index contributed by atoms with van der Waals surface area (Å²) < 4.78 is 0. The molecule has 0 amide bonds. The second-order valence-electron chi connectivity index (χ2n) is 7.62. The number of fused-ring (bicyclic) bond motifs is 3. The molecule has 3 aliphatic carbocycles. The maximum atomic E-state index is 12.0. The van der Waals surface area contributed by atoms with Gasteiger partial charge in [-0.15, -0.1) is 0 Å². The summed E-state index contributed by atoms with van der Waals surface area (Å²) >= 11 is 0. The molecule has 1 fully saturated rings. The van der Waals surface area contributed by atoms with E-state index in [0.29, 0.717) is 12.2 Å². The number of hydrogen-bond donors (Lipinski definition) is 1. The molecule has 2 heteroatoms. The fourth-order valence-corrected chi connectivity index (χ4v) is 4.86. The number of Topliss-reactive ketones (excluding diaryl/α,β-unsaturated/α-hetero) is 1. The molecule has 0 bridgehead atoms. The van der Waals surface area contributed by atoms with Crippen LogP contribution in [0.4, 0.5) is 0 Å². The predicted molar refractivity (Wildman–Crippen MR) is 80.3 cm³/mol. The zero-order valence-corrected chi connectivity index (χ0v) is 13.2. The van der Waals surface area contributed by atoms with Crippen molar-refractivity contribution in [1.29, 1.82) is 0 Å². The zero-order chi connectivity index (χ0) is 14.7. The number of carbonyl (C=O) groups excluding carboxylic acids is 1. The van der Waals surface area contributed by atoms with Crippen LogP contribution in [-0.2, 0) is 4.79 Å². The molecular weight excluding hydrogens is 248 g/mol. The van der Waals surface area contributed by atoms with Gasteiger partial charge < -0.3 is 5.11 Å². The van der Waals surface area contributed by atoms with Crippen molar-refractivity contribution in [2.24, 2.45) is 11.3 Å². The molecule has 110 valence electrons. The van der Waals surface area contributed by atoms with Crippen LogP contribution < -0.4 is 0 Å². The van der Waals surface area contributed by atoms with E-state index in [1.807, 2.05) is 6.92 Å². The second-order valence-corrected chi connectivity index (χ2v) is 7.62. The number of hydrogen-bond acceptors (Lipinski definition) is 2. The van der Waals surface area contributed by atoms with Crippen LogP contribution in [0.5, 0.6) is 0 Å². The first-order valence-electron chi connectivity index (χ1n) is 8.01. The molecule has 0 spiro atoms. The fourth-order valence-electron chi connectivity index (χ4n) is 4.86. The van der Waals surface area contributed by atoms with E-state index in [9.17, 15) is 9.90 Å². The average molecular weight is 274 g/mol. The van der Waals surface area contributed by atoms with Crippen LogP contribution >= 0.6 is 0 Å². The normalized spacial score (nSPS) is 35.0. The molecule has 0 unspecified atom stereocenters. The lowest BCUT2D eigenvalue weighted by molar-refractivity contribution is -0.115. The van der Waals surface area contributed by atoms with Gasteiger partial charge in [-0.05, 0) is 60.7 Å². The van der Waals surface area contributed by atoms with Crippen LogP contribution in [0.1, 0.15) is 66.2 Å². The highest BCUT2D eigenvalue weighted by Gasteiger charge is 2.57. The molecule has 1 N–H and O–H groups in total. The third-order valence-electron chi connectivity index (χ3n) is 5.61. The van der Waals surface area contributed by atoms with Crippen LogP contribution in [0.2, 0.25) is 0 Å². The van der Waals surface area contributed by atoms with Gasteiger partial charge in [0.1, 0.15) is 0 Å². The van der Waals surface area contributed by atoms with Crippen molar-refractivity contribution in [2.75, 3.05) is 0 Å². The van der Waals surface area contributed by atoms with Crippen molar-refractivity contribution in [2.45, 2.75) is 71.8 Å². The minimum atomic E-state index is -0.658. The Morgan fingerprint density at radius 2 is 2.05 bits per heavy atom. The Bertz CT molecular complexity index is 536. The van der Waals surface area contributed by atoms with Crippen molar-refractivity contribution in [3.8, 4) is 0 Å². The quantitative estimate of drug-likeness (QED) is 0.846. The molecule has 0 aliphatic heterocycles. The Balaban J connectivity index is 2.15. The first-order chi connectivity index (χ1) is 9.30. The Labute approximate surface area is 122 Å². The van der Waals surface area contributed by atoms with Crippen LogP contribution in [0, 0.1) is 11.3 Å². The molecule has 0 radical (unpaired) electrons. The smallest absolute Gasteiger partial charge is 0.159 e. The van der Waals surface area contributed by atoms with Gasteiger partial charge in [0.05, 0.1) is 5.60 Å². The van der Waals surface area contributed by atoms with Gasteiger partial charge >= 0.3 is 0 Å². The van der Waals surface area contributed by atoms with Crippen LogP contribution in [0.25, 0.3) is 0 Å². The summed E-state index contributed by atoms with van der Waals surface area (Å²) in [5.74, 6) is 0.578. The number of rotatable bonds is 3. The monoisotopic (exact) mass is 274 g/mol. The predicted octanol–water partition coefficient (Wildman–Crippen LogP) is 3.94. The first kappa shape index (κ1) is 14.1. The molecule has 2 nitrogen and oxygen atoms in total. The summed E-state index contributed by atoms with van der Waals surface area (Å²) in [5.41, 5.74) is 4.15. The summed E-state index contributed by atoms with van der Waals surface area (Å²) in [5, 5.41) is 11.1. The molecule has 3 aliphatic rings. The summed E-state index contributed by atoms with van der Waals surface area (Å²) in [6.45, 7) is 8.67. The van der Waals surface area contributed by atoms with Gasteiger partial charge in [0.2, 0.25) is 0 Å². The van der Waals surface area contributed by atoms with E-state index >= 15 is 0 Å². The summed E-state index contributed by atoms with van der Waals surface area (Å²) in [6.07, 6.45) is 5.62. The largest absolute Gasteiger partial charge is 0.385 e. The minimum absolute atomic E-state index is 0.0726. The Morgan fingerprint density at radius 1 is 1.35 bits per heavy atom. The van der Waals surface area contributed by atoms with E-state index in [0.717, 1.165) is 24.8 Å². The van der Waals surface area contributed by atoms with E-state index in [4.69, 9.17) is 0 Å². The van der Waals surface area contributed by atoms with Gasteiger partial charge in [0.25, 0.3) is 0 Å². The fraction of sp³-hybridized carbons (Fsp3) is 0.722. The standard InChI is InChI=1S/C18H26O2/c1-5-6-7-13-16-15-11(2)14(19)8-12(15)9-18(16,20)10-17(13,3)4/h12,20H,5-10H2,1-4H3/t12-,18-/m1/s1. The Hall–Kier alpha value is -0.890. The lowest BCUT2D eigenvalue weighted by atomic mass is 9.79. The van der Waals surface area contributed by atoms with Crippen molar-refractivity contribution >= 4 is 5.78 Å². The summed E-state index contributed by atoms with van der Waals surface area (Å²) in [7, 11) is 0. The number of carbonyl (C=O) groups is 1. The molecule has 0 saturated heterocycles.